The van der Waals surface area contributed by atoms with Gasteiger partial charge in [0, 0.05) is 6.54 Å². The fraction of sp³-hybridized carbons (Fsp3) is 0.800. The molecule has 2 atom stereocenters. The van der Waals surface area contributed by atoms with Crippen LogP contribution in [-0.4, -0.2) is 44.2 Å². The van der Waals surface area contributed by atoms with Crippen molar-refractivity contribution in [3.8, 4) is 11.5 Å². The molecule has 2 rings (SSSR count). The van der Waals surface area contributed by atoms with Gasteiger partial charge < -0.3 is 19.8 Å². The third-order valence-corrected chi connectivity index (χ3v) is 6.24. The first kappa shape index (κ1) is 37.3. The second-order valence-corrected chi connectivity index (χ2v) is 8.66. The Morgan fingerprint density at radius 2 is 1.24 bits per heavy atom. The van der Waals surface area contributed by atoms with Gasteiger partial charge in [0.15, 0.2) is 11.5 Å². The van der Waals surface area contributed by atoms with E-state index in [1.807, 2.05) is 33.8 Å². The maximum absolute atomic E-state index is 5.40. The Hall–Kier alpha value is -1.26. The van der Waals surface area contributed by atoms with Crippen molar-refractivity contribution in [1.82, 2.24) is 4.90 Å². The van der Waals surface area contributed by atoms with Gasteiger partial charge in [-0.2, -0.15) is 0 Å². The van der Waals surface area contributed by atoms with Gasteiger partial charge in [-0.25, -0.2) is 0 Å². The zero-order valence-electron chi connectivity index (χ0n) is 24.6. The first-order valence-electron chi connectivity index (χ1n) is 14.0. The Morgan fingerprint density at radius 3 is 1.68 bits per heavy atom. The van der Waals surface area contributed by atoms with Crippen LogP contribution in [0, 0.1) is 5.92 Å². The van der Waals surface area contributed by atoms with Crippen LogP contribution in [0.15, 0.2) is 18.2 Å². The van der Waals surface area contributed by atoms with Crippen LogP contribution in [0.25, 0.3) is 0 Å². The minimum Gasteiger partial charge on any atom is -0.493 e. The van der Waals surface area contributed by atoms with Gasteiger partial charge in [0.1, 0.15) is 0 Å². The molecule has 4 heteroatoms. The number of rotatable bonds is 12. The lowest BCUT2D eigenvalue weighted by Gasteiger charge is -2.26. The van der Waals surface area contributed by atoms with Crippen molar-refractivity contribution >= 4 is 0 Å². The van der Waals surface area contributed by atoms with Gasteiger partial charge in [0.25, 0.3) is 0 Å². The number of methoxy groups -OCH3 is 2. The van der Waals surface area contributed by atoms with Gasteiger partial charge in [-0.15, -0.1) is 0 Å². The van der Waals surface area contributed by atoms with Crippen molar-refractivity contribution < 1.29 is 14.9 Å². The molecule has 0 saturated carbocycles. The van der Waals surface area contributed by atoms with Crippen molar-refractivity contribution in [2.75, 3.05) is 33.9 Å². The summed E-state index contributed by atoms with van der Waals surface area (Å²) < 4.78 is 10.7. The molecule has 1 aliphatic rings. The molecule has 1 fully saturated rings. The van der Waals surface area contributed by atoms with E-state index in [9.17, 15) is 0 Å². The molecule has 0 spiro atoms. The molecule has 34 heavy (non-hydrogen) atoms. The lowest BCUT2D eigenvalue weighted by Crippen LogP contribution is -2.27. The molecule has 2 N–H and O–H groups in total. The number of unbranched alkanes of at least 4 members (excludes halogenated alkanes) is 6. The van der Waals surface area contributed by atoms with E-state index in [2.05, 4.69) is 44.7 Å². The molecule has 1 aliphatic heterocycles. The highest BCUT2D eigenvalue weighted by Crippen LogP contribution is 2.33. The zero-order valence-corrected chi connectivity index (χ0v) is 24.6. The summed E-state index contributed by atoms with van der Waals surface area (Å²) in [5.74, 6) is 2.79. The summed E-state index contributed by atoms with van der Waals surface area (Å²) in [6.45, 7) is 20.9. The number of likely N-dealkylation sites (tertiary alicyclic amines) is 1. The SMILES string of the molecule is CC.CC.CCCCCCCCC.COc1ccc([C@@H](C)[C@H](C)CN2CCCC2)cc1OC.O. The van der Waals surface area contributed by atoms with Gasteiger partial charge in [0.05, 0.1) is 14.2 Å². The van der Waals surface area contributed by atoms with Crippen LogP contribution in [0.1, 0.15) is 125 Å². The first-order chi connectivity index (χ1) is 16.1. The summed E-state index contributed by atoms with van der Waals surface area (Å²) in [6, 6.07) is 6.28. The molecule has 1 heterocycles. The second-order valence-electron chi connectivity index (χ2n) is 8.66. The minimum atomic E-state index is 0. The first-order valence-corrected chi connectivity index (χ1v) is 14.0. The molecular formula is C30H61NO3. The van der Waals surface area contributed by atoms with Gasteiger partial charge in [-0.1, -0.05) is 106 Å². The van der Waals surface area contributed by atoms with Crippen molar-refractivity contribution in [1.29, 1.82) is 0 Å². The van der Waals surface area contributed by atoms with Crippen LogP contribution in [0.3, 0.4) is 0 Å². The predicted molar refractivity (Wildman–Crippen MR) is 153 cm³/mol. The second kappa shape index (κ2) is 26.3. The Balaban J connectivity index is -0.000000584. The van der Waals surface area contributed by atoms with Crippen LogP contribution in [0.4, 0.5) is 0 Å². The highest BCUT2D eigenvalue weighted by molar-refractivity contribution is 5.43. The summed E-state index contributed by atoms with van der Waals surface area (Å²) in [4.78, 5) is 2.59. The number of ether oxygens (including phenoxy) is 2. The van der Waals surface area contributed by atoms with E-state index in [1.165, 1.54) is 83.0 Å². The largest absolute Gasteiger partial charge is 0.493 e. The van der Waals surface area contributed by atoms with Crippen molar-refractivity contribution in [3.05, 3.63) is 23.8 Å². The standard InChI is InChI=1S/C17H27NO2.C9H20.2C2H6.H2O/c1-13(12-18-9-5-6-10-18)14(2)15-7-8-16(19-3)17(11-15)20-4;1-3-5-7-9-8-6-4-2;2*1-2;/h7-8,11,13-14H,5-6,9-10,12H2,1-4H3;3-9H2,1-2H3;2*1-2H3;1H2/t13-,14+;;;;/m1..../s1. The Labute approximate surface area is 214 Å². The maximum Gasteiger partial charge on any atom is 0.160 e. The monoisotopic (exact) mass is 483 g/mol. The van der Waals surface area contributed by atoms with Gasteiger partial charge in [-0.05, 0) is 55.5 Å². The van der Waals surface area contributed by atoms with Crippen LogP contribution in [0.5, 0.6) is 11.5 Å². The van der Waals surface area contributed by atoms with E-state index in [1.54, 1.807) is 14.2 Å². The van der Waals surface area contributed by atoms with Crippen LogP contribution in [0.2, 0.25) is 0 Å². The van der Waals surface area contributed by atoms with E-state index in [0.29, 0.717) is 11.8 Å². The summed E-state index contributed by atoms with van der Waals surface area (Å²) >= 11 is 0. The fourth-order valence-electron chi connectivity index (χ4n) is 4.03. The Kier molecular flexibility index (Phi) is 28.9. The normalized spacial score (nSPS) is 14.1. The quantitative estimate of drug-likeness (QED) is 0.280. The molecule has 0 bridgehead atoms. The van der Waals surface area contributed by atoms with E-state index >= 15 is 0 Å². The molecule has 0 radical (unpaired) electrons. The summed E-state index contributed by atoms with van der Waals surface area (Å²) in [6.07, 6.45) is 12.7. The lowest BCUT2D eigenvalue weighted by atomic mass is 9.88. The van der Waals surface area contributed by atoms with Crippen LogP contribution in [-0.2, 0) is 0 Å². The van der Waals surface area contributed by atoms with Crippen LogP contribution < -0.4 is 9.47 Å². The number of hydrogen-bond acceptors (Lipinski definition) is 3. The molecule has 0 aromatic heterocycles. The van der Waals surface area contributed by atoms with Gasteiger partial charge in [0.2, 0.25) is 0 Å². The Morgan fingerprint density at radius 1 is 0.765 bits per heavy atom. The summed E-state index contributed by atoms with van der Waals surface area (Å²) in [5, 5.41) is 0. The third-order valence-electron chi connectivity index (χ3n) is 6.24. The Bertz CT molecular complexity index is 524. The number of nitrogens with zero attached hydrogens (tertiary/aromatic N) is 1. The van der Waals surface area contributed by atoms with Gasteiger partial charge in [-0.3, -0.25) is 0 Å². The predicted octanol–water partition coefficient (Wildman–Crippen LogP) is 8.52. The fourth-order valence-corrected chi connectivity index (χ4v) is 4.03. The molecule has 204 valence electrons. The van der Waals surface area contributed by atoms with E-state index < -0.39 is 0 Å². The van der Waals surface area contributed by atoms with Crippen molar-refractivity contribution in [3.63, 3.8) is 0 Å². The van der Waals surface area contributed by atoms with Crippen molar-refractivity contribution in [2.45, 2.75) is 119 Å². The minimum absolute atomic E-state index is 0. The molecular weight excluding hydrogens is 422 g/mol. The van der Waals surface area contributed by atoms with Crippen LogP contribution >= 0.6 is 0 Å². The molecule has 1 aromatic carbocycles. The number of benzene rings is 1. The molecule has 0 amide bonds. The van der Waals surface area contributed by atoms with E-state index in [4.69, 9.17) is 9.47 Å². The lowest BCUT2D eigenvalue weighted by molar-refractivity contribution is 0.269. The highest BCUT2D eigenvalue weighted by atomic mass is 16.5. The van der Waals surface area contributed by atoms with Gasteiger partial charge >= 0.3 is 0 Å². The highest BCUT2D eigenvalue weighted by Gasteiger charge is 2.20. The van der Waals surface area contributed by atoms with Crippen molar-refractivity contribution in [2.24, 2.45) is 5.92 Å². The molecule has 0 aliphatic carbocycles. The third kappa shape index (κ3) is 16.4. The number of hydrogen-bond donors (Lipinski definition) is 0. The molecule has 4 nitrogen and oxygen atoms in total. The average Bonchev–Trinajstić information content (AvgIpc) is 3.39. The summed E-state index contributed by atoms with van der Waals surface area (Å²) in [7, 11) is 3.37. The maximum atomic E-state index is 5.40. The average molecular weight is 484 g/mol. The molecule has 1 saturated heterocycles. The van der Waals surface area contributed by atoms with E-state index in [0.717, 1.165) is 11.5 Å². The topological polar surface area (TPSA) is 53.2 Å². The molecule has 0 unspecified atom stereocenters. The zero-order chi connectivity index (χ0) is 25.5. The smallest absolute Gasteiger partial charge is 0.160 e. The molecule has 1 aromatic rings. The summed E-state index contributed by atoms with van der Waals surface area (Å²) in [5.41, 5.74) is 1.33. The van der Waals surface area contributed by atoms with E-state index in [-0.39, 0.29) is 5.48 Å².